The highest BCUT2D eigenvalue weighted by Gasteiger charge is 2.13. The van der Waals surface area contributed by atoms with Crippen molar-refractivity contribution in [3.05, 3.63) is 52.0 Å². The Hall–Kier alpha value is -1.65. The smallest absolute Gasteiger partial charge is 0.258 e. The third-order valence-electron chi connectivity index (χ3n) is 2.31. The zero-order valence-corrected chi connectivity index (χ0v) is 11.0. The van der Waals surface area contributed by atoms with Crippen molar-refractivity contribution in [2.75, 3.05) is 5.32 Å². The molecule has 0 spiro atoms. The van der Waals surface area contributed by atoms with Gasteiger partial charge in [-0.15, -0.1) is 0 Å². The molecule has 0 saturated heterocycles. The monoisotopic (exact) mass is 281 g/mol. The molecule has 0 aliphatic heterocycles. The summed E-state index contributed by atoms with van der Waals surface area (Å²) in [6.07, 6.45) is 1.65. The molecular formula is C12H9Cl2N3O. The number of amides is 1. The summed E-state index contributed by atoms with van der Waals surface area (Å²) in [6, 6.07) is 6.54. The van der Waals surface area contributed by atoms with Crippen molar-refractivity contribution < 1.29 is 4.79 Å². The number of aromatic nitrogens is 2. The Labute approximate surface area is 114 Å². The second-order valence-corrected chi connectivity index (χ2v) is 4.31. The zero-order valence-electron chi connectivity index (χ0n) is 9.45. The topological polar surface area (TPSA) is 54.9 Å². The lowest BCUT2D eigenvalue weighted by Gasteiger charge is -2.08. The summed E-state index contributed by atoms with van der Waals surface area (Å²) < 4.78 is 0. The van der Waals surface area contributed by atoms with Gasteiger partial charge in [-0.05, 0) is 31.2 Å². The van der Waals surface area contributed by atoms with Crippen LogP contribution in [0.15, 0.2) is 30.5 Å². The van der Waals surface area contributed by atoms with Crippen molar-refractivity contribution in [1.29, 1.82) is 0 Å². The molecular weight excluding hydrogens is 273 g/mol. The van der Waals surface area contributed by atoms with Crippen molar-refractivity contribution in [2.45, 2.75) is 6.92 Å². The number of nitrogens with zero attached hydrogens (tertiary/aromatic N) is 2. The van der Waals surface area contributed by atoms with Crippen LogP contribution in [0, 0.1) is 6.92 Å². The molecule has 0 atom stereocenters. The van der Waals surface area contributed by atoms with E-state index >= 15 is 0 Å². The summed E-state index contributed by atoms with van der Waals surface area (Å²) in [5, 5.41) is 3.03. The van der Waals surface area contributed by atoms with Gasteiger partial charge in [0.15, 0.2) is 0 Å². The van der Waals surface area contributed by atoms with Crippen LogP contribution in [-0.4, -0.2) is 15.9 Å². The van der Waals surface area contributed by atoms with Crippen molar-refractivity contribution in [3.8, 4) is 0 Å². The van der Waals surface area contributed by atoms with Crippen molar-refractivity contribution in [1.82, 2.24) is 9.97 Å². The number of aryl methyl sites for hydroxylation is 1. The number of hydrogen-bond donors (Lipinski definition) is 1. The lowest BCUT2D eigenvalue weighted by atomic mass is 10.2. The molecule has 2 aromatic heterocycles. The normalized spacial score (nSPS) is 10.2. The van der Waals surface area contributed by atoms with E-state index in [9.17, 15) is 4.79 Å². The van der Waals surface area contributed by atoms with Crippen LogP contribution in [0.3, 0.4) is 0 Å². The van der Waals surface area contributed by atoms with Gasteiger partial charge in [0, 0.05) is 6.20 Å². The second kappa shape index (κ2) is 5.33. The van der Waals surface area contributed by atoms with E-state index in [1.54, 1.807) is 25.3 Å². The van der Waals surface area contributed by atoms with E-state index < -0.39 is 0 Å². The third kappa shape index (κ3) is 2.78. The van der Waals surface area contributed by atoms with Crippen LogP contribution >= 0.6 is 23.2 Å². The van der Waals surface area contributed by atoms with Crippen LogP contribution in [0.1, 0.15) is 16.1 Å². The van der Waals surface area contributed by atoms with Gasteiger partial charge in [-0.1, -0.05) is 23.2 Å². The first kappa shape index (κ1) is 12.8. The minimum absolute atomic E-state index is 0.0709. The average molecular weight is 282 g/mol. The number of carbonyl (C=O) groups is 1. The molecule has 0 unspecified atom stereocenters. The number of rotatable bonds is 2. The summed E-state index contributed by atoms with van der Waals surface area (Å²) in [4.78, 5) is 19.9. The van der Waals surface area contributed by atoms with Gasteiger partial charge in [0.1, 0.15) is 10.3 Å². The van der Waals surface area contributed by atoms with E-state index in [2.05, 4.69) is 15.3 Å². The highest BCUT2D eigenvalue weighted by Crippen LogP contribution is 2.19. The predicted molar refractivity (Wildman–Crippen MR) is 71.2 cm³/mol. The molecule has 2 rings (SSSR count). The minimum Gasteiger partial charge on any atom is -0.320 e. The maximum Gasteiger partial charge on any atom is 0.258 e. The molecule has 0 bridgehead atoms. The summed E-state index contributed by atoms with van der Waals surface area (Å²) in [5.74, 6) is -0.347. The van der Waals surface area contributed by atoms with Crippen LogP contribution in [0.25, 0.3) is 0 Å². The zero-order chi connectivity index (χ0) is 13.1. The van der Waals surface area contributed by atoms with Crippen LogP contribution in [0.5, 0.6) is 0 Å². The van der Waals surface area contributed by atoms with Gasteiger partial charge in [-0.25, -0.2) is 4.98 Å². The molecule has 0 saturated carbocycles. The van der Waals surface area contributed by atoms with Gasteiger partial charge >= 0.3 is 0 Å². The lowest BCUT2D eigenvalue weighted by Crippen LogP contribution is -2.14. The van der Waals surface area contributed by atoms with Crippen LogP contribution in [-0.2, 0) is 0 Å². The summed E-state index contributed by atoms with van der Waals surface area (Å²) >= 11 is 11.5. The molecule has 4 nitrogen and oxygen atoms in total. The van der Waals surface area contributed by atoms with Crippen LogP contribution in [0.2, 0.25) is 10.3 Å². The molecule has 92 valence electrons. The van der Waals surface area contributed by atoms with Gasteiger partial charge in [0.05, 0.1) is 16.9 Å². The van der Waals surface area contributed by atoms with Gasteiger partial charge in [-0.3, -0.25) is 9.78 Å². The highest BCUT2D eigenvalue weighted by molar-refractivity contribution is 6.35. The number of halogens is 2. The van der Waals surface area contributed by atoms with Crippen LogP contribution < -0.4 is 5.32 Å². The molecule has 0 aromatic carbocycles. The largest absolute Gasteiger partial charge is 0.320 e. The SMILES string of the molecule is Cc1ncccc1NC(=O)c1ccc(Cl)nc1Cl. The first-order valence-corrected chi connectivity index (χ1v) is 5.88. The number of carbonyl (C=O) groups excluding carboxylic acids is 1. The fourth-order valence-electron chi connectivity index (χ4n) is 1.39. The predicted octanol–water partition coefficient (Wildman–Crippen LogP) is 3.34. The van der Waals surface area contributed by atoms with E-state index in [1.807, 2.05) is 0 Å². The molecule has 0 aliphatic rings. The molecule has 0 radical (unpaired) electrons. The van der Waals surface area contributed by atoms with Gasteiger partial charge in [-0.2, -0.15) is 0 Å². The Morgan fingerprint density at radius 2 is 2.06 bits per heavy atom. The maximum absolute atomic E-state index is 12.0. The highest BCUT2D eigenvalue weighted by atomic mass is 35.5. The summed E-state index contributed by atoms with van der Waals surface area (Å²) in [5.41, 5.74) is 1.63. The fourth-order valence-corrected chi connectivity index (χ4v) is 1.82. The number of nitrogens with one attached hydrogen (secondary N) is 1. The Morgan fingerprint density at radius 3 is 2.72 bits per heavy atom. The minimum atomic E-state index is -0.347. The molecule has 1 amide bonds. The number of hydrogen-bond acceptors (Lipinski definition) is 3. The van der Waals surface area contributed by atoms with Crippen molar-refractivity contribution >= 4 is 34.8 Å². The van der Waals surface area contributed by atoms with Crippen molar-refractivity contribution in [3.63, 3.8) is 0 Å². The van der Waals surface area contributed by atoms with E-state index in [4.69, 9.17) is 23.2 Å². The molecule has 6 heteroatoms. The van der Waals surface area contributed by atoms with E-state index in [1.165, 1.54) is 12.1 Å². The van der Waals surface area contributed by atoms with Gasteiger partial charge in [0.2, 0.25) is 0 Å². The standard InChI is InChI=1S/C12H9Cl2N3O/c1-7-9(3-2-6-15-7)16-12(18)8-4-5-10(13)17-11(8)14/h2-6H,1H3,(H,16,18). The maximum atomic E-state index is 12.0. The van der Waals surface area contributed by atoms with Gasteiger partial charge in [0.25, 0.3) is 5.91 Å². The number of pyridine rings is 2. The summed E-state index contributed by atoms with van der Waals surface area (Å²) in [7, 11) is 0. The molecule has 2 aromatic rings. The van der Waals surface area contributed by atoms with Crippen LogP contribution in [0.4, 0.5) is 5.69 Å². The molecule has 18 heavy (non-hydrogen) atoms. The fraction of sp³-hybridized carbons (Fsp3) is 0.0833. The van der Waals surface area contributed by atoms with E-state index in [0.29, 0.717) is 5.69 Å². The number of anilines is 1. The first-order chi connectivity index (χ1) is 8.58. The lowest BCUT2D eigenvalue weighted by molar-refractivity contribution is 0.102. The average Bonchev–Trinajstić information content (AvgIpc) is 2.32. The third-order valence-corrected chi connectivity index (χ3v) is 2.81. The Kier molecular flexibility index (Phi) is 3.79. The van der Waals surface area contributed by atoms with E-state index in [-0.39, 0.29) is 21.8 Å². The molecule has 1 N–H and O–H groups in total. The second-order valence-electron chi connectivity index (χ2n) is 3.56. The Bertz CT molecular complexity index is 602. The molecule has 2 heterocycles. The Morgan fingerprint density at radius 1 is 1.28 bits per heavy atom. The Balaban J connectivity index is 2.25. The van der Waals surface area contributed by atoms with Crippen molar-refractivity contribution in [2.24, 2.45) is 0 Å². The van der Waals surface area contributed by atoms with Gasteiger partial charge < -0.3 is 5.32 Å². The van der Waals surface area contributed by atoms with E-state index in [0.717, 1.165) is 5.69 Å². The first-order valence-electron chi connectivity index (χ1n) is 5.13. The quantitative estimate of drug-likeness (QED) is 0.859. The summed E-state index contributed by atoms with van der Waals surface area (Å²) in [6.45, 7) is 1.80. The molecule has 0 fully saturated rings. The molecule has 0 aliphatic carbocycles.